The summed E-state index contributed by atoms with van der Waals surface area (Å²) in [5, 5.41) is 0. The molecule has 0 spiro atoms. The molecule has 1 fully saturated rings. The van der Waals surface area contributed by atoms with E-state index in [9.17, 15) is 0 Å². The summed E-state index contributed by atoms with van der Waals surface area (Å²) in [6.07, 6.45) is 2.85. The number of rotatable bonds is 36. The maximum Gasteiger partial charge on any atom is 0.186 e. The number of thioether (sulfide) groups is 5. The zero-order valence-corrected chi connectivity index (χ0v) is 38.9. The summed E-state index contributed by atoms with van der Waals surface area (Å²) in [6.45, 7) is 6.77. The summed E-state index contributed by atoms with van der Waals surface area (Å²) in [7, 11) is 0. The van der Waals surface area contributed by atoms with E-state index in [1.54, 1.807) is 0 Å². The van der Waals surface area contributed by atoms with Crippen LogP contribution in [-0.2, 0) is 28.4 Å². The van der Waals surface area contributed by atoms with Crippen molar-refractivity contribution >= 4 is 121 Å². The molecule has 5 atom stereocenters. The molecule has 1 aliphatic heterocycles. The molecule has 0 unspecified atom stereocenters. The maximum absolute atomic E-state index is 6.67. The lowest BCUT2D eigenvalue weighted by molar-refractivity contribution is -0.320. The number of ether oxygens (including phenoxy) is 6. The van der Waals surface area contributed by atoms with E-state index in [1.165, 1.54) is 0 Å². The molecular weight excluding hydrogens is 876 g/mol. The van der Waals surface area contributed by atoms with Crippen LogP contribution in [0.3, 0.4) is 0 Å². The van der Waals surface area contributed by atoms with Crippen molar-refractivity contribution in [3.8, 4) is 0 Å². The molecule has 0 amide bonds. The summed E-state index contributed by atoms with van der Waals surface area (Å²) in [6, 6.07) is 0. The molecule has 10 N–H and O–H groups in total. The first-order valence-electron chi connectivity index (χ1n) is 17.3. The monoisotopic (exact) mass is 945 g/mol. The lowest BCUT2D eigenvalue weighted by Crippen LogP contribution is -2.62. The lowest BCUT2D eigenvalue weighted by Gasteiger charge is -2.46. The summed E-state index contributed by atoms with van der Waals surface area (Å²) >= 11 is 9.25. The van der Waals surface area contributed by atoms with Crippen molar-refractivity contribution in [2.45, 2.75) is 62.8 Å². The molecule has 0 saturated carbocycles. The minimum atomic E-state index is -0.597. The zero-order chi connectivity index (χ0) is 34.0. The van der Waals surface area contributed by atoms with Crippen LogP contribution in [0, 0.1) is 0 Å². The van der Waals surface area contributed by atoms with Crippen LogP contribution in [0.25, 0.3) is 0 Å². The smallest absolute Gasteiger partial charge is 0.186 e. The molecule has 0 aromatic rings. The first-order valence-corrected chi connectivity index (χ1v) is 23.1. The van der Waals surface area contributed by atoms with Crippen LogP contribution in [0.5, 0.6) is 0 Å². The molecule has 52 heavy (non-hydrogen) atoms. The summed E-state index contributed by atoms with van der Waals surface area (Å²) in [4.78, 5) is 0. The van der Waals surface area contributed by atoms with E-state index in [1.807, 2.05) is 58.8 Å². The first-order chi connectivity index (χ1) is 23.2. The van der Waals surface area contributed by atoms with Gasteiger partial charge in [0.05, 0.1) is 39.6 Å². The lowest BCUT2D eigenvalue weighted by atomic mass is 9.98. The molecule has 1 aliphatic rings. The van der Waals surface area contributed by atoms with Crippen LogP contribution in [0.15, 0.2) is 0 Å². The van der Waals surface area contributed by atoms with E-state index < -0.39 is 12.4 Å². The van der Waals surface area contributed by atoms with Crippen LogP contribution in [0.2, 0.25) is 0 Å². The fourth-order valence-corrected chi connectivity index (χ4v) is 8.39. The van der Waals surface area contributed by atoms with Crippen molar-refractivity contribution in [3.63, 3.8) is 0 Å². The van der Waals surface area contributed by atoms with Gasteiger partial charge in [0, 0.05) is 28.8 Å². The fourth-order valence-electron chi connectivity index (χ4n) is 4.42. The third-order valence-electron chi connectivity index (χ3n) is 6.83. The van der Waals surface area contributed by atoms with Gasteiger partial charge in [-0.2, -0.15) is 58.8 Å². The molecule has 1 rings (SSSR count). The molecular formula is C31H72Cl5N5O6S5. The SMILES string of the molecule is Cl.Cl.Cl.Cl.Cl.NCCCSCCOC[C@H]1O[C@H](OCCSCCCN)[C@H](OCCSCCCN)[C@@H](OCCSCCCN)[C@@H]1OCCSCCCN. The summed E-state index contributed by atoms with van der Waals surface area (Å²) in [5.41, 5.74) is 28.4. The predicted molar refractivity (Wildman–Crippen MR) is 246 cm³/mol. The Hall–Kier alpha value is 2.76. The van der Waals surface area contributed by atoms with Gasteiger partial charge in [0.1, 0.15) is 24.4 Å². The molecule has 1 heterocycles. The molecule has 0 bridgehead atoms. The minimum Gasteiger partial charge on any atom is -0.378 e. The van der Waals surface area contributed by atoms with Gasteiger partial charge in [-0.1, -0.05) is 0 Å². The van der Waals surface area contributed by atoms with Crippen LogP contribution in [0.1, 0.15) is 32.1 Å². The van der Waals surface area contributed by atoms with Gasteiger partial charge in [-0.3, -0.25) is 0 Å². The Morgan fingerprint density at radius 3 is 1.10 bits per heavy atom. The van der Waals surface area contributed by atoms with Gasteiger partial charge in [0.25, 0.3) is 0 Å². The van der Waals surface area contributed by atoms with E-state index in [2.05, 4.69) is 0 Å². The maximum atomic E-state index is 6.67. The van der Waals surface area contributed by atoms with Gasteiger partial charge in [0.2, 0.25) is 0 Å². The van der Waals surface area contributed by atoms with Gasteiger partial charge in [-0.25, -0.2) is 0 Å². The molecule has 11 nitrogen and oxygen atoms in total. The third-order valence-corrected chi connectivity index (χ3v) is 12.0. The third kappa shape index (κ3) is 34.8. The minimum absolute atomic E-state index is 0. The van der Waals surface area contributed by atoms with Crippen LogP contribution in [-0.4, -0.2) is 161 Å². The average molecular weight is 949 g/mol. The van der Waals surface area contributed by atoms with Crippen LogP contribution >= 0.6 is 121 Å². The van der Waals surface area contributed by atoms with Crippen molar-refractivity contribution in [1.82, 2.24) is 0 Å². The largest absolute Gasteiger partial charge is 0.378 e. The van der Waals surface area contributed by atoms with E-state index in [4.69, 9.17) is 57.1 Å². The second-order valence-corrected chi connectivity index (χ2v) is 16.9. The Bertz CT molecular complexity index is 685. The van der Waals surface area contributed by atoms with E-state index in [0.717, 1.165) is 89.6 Å². The van der Waals surface area contributed by atoms with Gasteiger partial charge >= 0.3 is 0 Å². The highest BCUT2D eigenvalue weighted by Gasteiger charge is 2.49. The van der Waals surface area contributed by atoms with Crippen molar-refractivity contribution in [2.24, 2.45) is 28.7 Å². The Morgan fingerprint density at radius 2 is 0.712 bits per heavy atom. The van der Waals surface area contributed by atoms with Crippen LogP contribution < -0.4 is 28.7 Å². The van der Waals surface area contributed by atoms with Gasteiger partial charge in [-0.05, 0) is 93.6 Å². The van der Waals surface area contributed by atoms with Crippen molar-refractivity contribution in [2.75, 3.05) is 130 Å². The quantitative estimate of drug-likeness (QED) is 0.0556. The second kappa shape index (κ2) is 49.9. The van der Waals surface area contributed by atoms with Crippen molar-refractivity contribution < 1.29 is 28.4 Å². The van der Waals surface area contributed by atoms with Gasteiger partial charge < -0.3 is 57.1 Å². The van der Waals surface area contributed by atoms with Gasteiger partial charge in [-0.15, -0.1) is 62.0 Å². The van der Waals surface area contributed by atoms with Gasteiger partial charge in [0.15, 0.2) is 6.29 Å². The highest BCUT2D eigenvalue weighted by atomic mass is 35.5. The second-order valence-electron chi connectivity index (χ2n) is 10.8. The first kappa shape index (κ1) is 63.9. The topological polar surface area (TPSA) is 185 Å². The van der Waals surface area contributed by atoms with E-state index in [-0.39, 0.29) is 80.3 Å². The number of nitrogens with two attached hydrogens (primary N) is 5. The molecule has 0 aromatic carbocycles. The summed E-state index contributed by atoms with van der Waals surface area (Å²) < 4.78 is 39.1. The number of hydrogen-bond acceptors (Lipinski definition) is 16. The Balaban J connectivity index is -0.00000147. The zero-order valence-electron chi connectivity index (χ0n) is 30.7. The molecule has 21 heteroatoms. The highest BCUT2D eigenvalue weighted by Crippen LogP contribution is 2.30. The molecule has 0 radical (unpaired) electrons. The molecule has 0 aliphatic carbocycles. The average Bonchev–Trinajstić information content (AvgIpc) is 3.08. The number of hydrogen-bond donors (Lipinski definition) is 5. The van der Waals surface area contributed by atoms with Crippen molar-refractivity contribution in [1.29, 1.82) is 0 Å². The molecule has 0 aromatic heterocycles. The normalized spacial score (nSPS) is 19.4. The highest BCUT2D eigenvalue weighted by molar-refractivity contribution is 8.00. The number of halogens is 5. The standard InChI is InChI=1S/C31H67N5O6S5.5ClH/c32-6-1-16-43-21-11-37-26-27-28(38-12-22-44-17-2-7-33)29(39-13-23-45-18-3-8-34)30(40-14-24-46-19-4-9-35)31(42-27)41-15-25-47-20-5-10-36;;;;;/h27-31H,1-26,32-36H2;5*1H/t27-,28-,29+,30-,31+;;;;;/m1...../s1. The Labute approximate surface area is 367 Å². The Morgan fingerprint density at radius 1 is 0.385 bits per heavy atom. The van der Waals surface area contributed by atoms with Crippen molar-refractivity contribution in [3.05, 3.63) is 0 Å². The molecule has 322 valence electrons. The fraction of sp³-hybridized carbons (Fsp3) is 1.00. The van der Waals surface area contributed by atoms with Crippen LogP contribution in [0.4, 0.5) is 0 Å². The molecule has 1 saturated heterocycles. The summed E-state index contributed by atoms with van der Waals surface area (Å²) in [5.74, 6) is 9.44. The predicted octanol–water partition coefficient (Wildman–Crippen LogP) is 4.42. The Kier molecular flexibility index (Phi) is 61.3. The van der Waals surface area contributed by atoms with E-state index in [0.29, 0.717) is 72.4 Å². The van der Waals surface area contributed by atoms with E-state index >= 15 is 0 Å².